The lowest BCUT2D eigenvalue weighted by molar-refractivity contribution is 0.223. The smallest absolute Gasteiger partial charge is 0.127 e. The molecule has 0 bridgehead atoms. The number of hydrogen-bond donors (Lipinski definition) is 0. The van der Waals surface area contributed by atoms with Crippen LogP contribution in [0.1, 0.15) is 58.9 Å². The highest BCUT2D eigenvalue weighted by Gasteiger charge is 2.22. The minimum Gasteiger partial charge on any atom is -0.457 e. The molecular formula is C24H34O. The highest BCUT2D eigenvalue weighted by molar-refractivity contribution is 5.33. The van der Waals surface area contributed by atoms with E-state index in [9.17, 15) is 0 Å². The van der Waals surface area contributed by atoms with Crippen LogP contribution in [0, 0.1) is 17.8 Å². The van der Waals surface area contributed by atoms with E-state index in [4.69, 9.17) is 4.74 Å². The van der Waals surface area contributed by atoms with Gasteiger partial charge in [-0.3, -0.25) is 0 Å². The first-order valence-electron chi connectivity index (χ1n) is 9.95. The first-order valence-corrected chi connectivity index (χ1v) is 9.95. The van der Waals surface area contributed by atoms with Gasteiger partial charge in [-0.25, -0.2) is 0 Å². The molecule has 0 aliphatic carbocycles. The average Bonchev–Trinajstić information content (AvgIpc) is 2.62. The Labute approximate surface area is 154 Å². The topological polar surface area (TPSA) is 9.23 Å². The molecule has 0 amide bonds. The van der Waals surface area contributed by atoms with Crippen molar-refractivity contribution in [1.29, 1.82) is 0 Å². The summed E-state index contributed by atoms with van der Waals surface area (Å²) in [5.41, 5.74) is 1.41. The van der Waals surface area contributed by atoms with Gasteiger partial charge < -0.3 is 4.74 Å². The molecule has 0 saturated heterocycles. The molecule has 0 fully saturated rings. The van der Waals surface area contributed by atoms with Gasteiger partial charge in [0.05, 0.1) is 0 Å². The van der Waals surface area contributed by atoms with Gasteiger partial charge in [-0.15, -0.1) is 0 Å². The van der Waals surface area contributed by atoms with Crippen LogP contribution in [0.5, 0.6) is 11.5 Å². The molecular weight excluding hydrogens is 304 g/mol. The third-order valence-electron chi connectivity index (χ3n) is 5.29. The lowest BCUT2D eigenvalue weighted by Gasteiger charge is -2.29. The normalized spacial score (nSPS) is 14.7. The van der Waals surface area contributed by atoms with Gasteiger partial charge in [-0.05, 0) is 54.0 Å². The lowest BCUT2D eigenvalue weighted by Crippen LogP contribution is -2.21. The summed E-state index contributed by atoms with van der Waals surface area (Å²) in [7, 11) is 0. The lowest BCUT2D eigenvalue weighted by atomic mass is 9.76. The second-order valence-electron chi connectivity index (χ2n) is 7.46. The van der Waals surface area contributed by atoms with E-state index in [2.05, 4.69) is 52.0 Å². The third kappa shape index (κ3) is 6.23. The van der Waals surface area contributed by atoms with E-state index in [1.54, 1.807) is 0 Å². The zero-order valence-electron chi connectivity index (χ0n) is 16.4. The van der Waals surface area contributed by atoms with E-state index in [1.807, 2.05) is 30.3 Å². The second-order valence-corrected chi connectivity index (χ2v) is 7.46. The first-order chi connectivity index (χ1) is 12.1. The predicted octanol–water partition coefficient (Wildman–Crippen LogP) is 7.51. The van der Waals surface area contributed by atoms with Crippen molar-refractivity contribution in [3.05, 3.63) is 60.2 Å². The SMILES string of the molecule is CCCC(C)C(CCC)C(C)Cc1ccc(Oc2ccccc2)cc1. The molecule has 0 aliphatic heterocycles. The molecule has 25 heavy (non-hydrogen) atoms. The van der Waals surface area contributed by atoms with Gasteiger partial charge in [0, 0.05) is 0 Å². The summed E-state index contributed by atoms with van der Waals surface area (Å²) in [5.74, 6) is 4.17. The summed E-state index contributed by atoms with van der Waals surface area (Å²) >= 11 is 0. The van der Waals surface area contributed by atoms with Crippen molar-refractivity contribution in [2.24, 2.45) is 17.8 Å². The van der Waals surface area contributed by atoms with Crippen molar-refractivity contribution in [1.82, 2.24) is 0 Å². The highest BCUT2D eigenvalue weighted by Crippen LogP contribution is 2.32. The maximum absolute atomic E-state index is 5.89. The van der Waals surface area contributed by atoms with Crippen LogP contribution in [0.4, 0.5) is 0 Å². The van der Waals surface area contributed by atoms with E-state index >= 15 is 0 Å². The molecule has 2 rings (SSSR count). The zero-order valence-corrected chi connectivity index (χ0v) is 16.4. The van der Waals surface area contributed by atoms with E-state index in [0.29, 0.717) is 0 Å². The molecule has 1 heteroatoms. The number of hydrogen-bond acceptors (Lipinski definition) is 1. The van der Waals surface area contributed by atoms with Crippen molar-refractivity contribution in [2.45, 2.75) is 59.8 Å². The molecule has 0 radical (unpaired) electrons. The Kier molecular flexibility index (Phi) is 8.04. The molecule has 2 aromatic carbocycles. The van der Waals surface area contributed by atoms with Crippen molar-refractivity contribution in [3.63, 3.8) is 0 Å². The zero-order chi connectivity index (χ0) is 18.1. The first kappa shape index (κ1) is 19.6. The molecule has 2 aromatic rings. The van der Waals surface area contributed by atoms with Gasteiger partial charge in [-0.2, -0.15) is 0 Å². The van der Waals surface area contributed by atoms with Crippen LogP contribution in [0.15, 0.2) is 54.6 Å². The fourth-order valence-electron chi connectivity index (χ4n) is 3.97. The van der Waals surface area contributed by atoms with Gasteiger partial charge in [-0.1, -0.05) is 83.7 Å². The molecule has 0 aromatic heterocycles. The van der Waals surface area contributed by atoms with Crippen LogP contribution >= 0.6 is 0 Å². The van der Waals surface area contributed by atoms with E-state index in [0.717, 1.165) is 35.7 Å². The highest BCUT2D eigenvalue weighted by atomic mass is 16.5. The van der Waals surface area contributed by atoms with Gasteiger partial charge >= 0.3 is 0 Å². The quantitative estimate of drug-likeness (QED) is 0.435. The molecule has 0 aliphatic rings. The average molecular weight is 339 g/mol. The standard InChI is InChI=1S/C24H34O/c1-5-10-19(3)24(11-6-2)20(4)18-21-14-16-23(17-15-21)25-22-12-8-7-9-13-22/h7-9,12-17,19-20,24H,5-6,10-11,18H2,1-4H3. The molecule has 136 valence electrons. The van der Waals surface area contributed by atoms with Gasteiger partial charge in [0.1, 0.15) is 11.5 Å². The van der Waals surface area contributed by atoms with Crippen LogP contribution in [0.2, 0.25) is 0 Å². The molecule has 3 unspecified atom stereocenters. The summed E-state index contributed by atoms with van der Waals surface area (Å²) in [6, 6.07) is 18.6. The third-order valence-corrected chi connectivity index (χ3v) is 5.29. The molecule has 0 heterocycles. The Morgan fingerprint density at radius 1 is 0.720 bits per heavy atom. The van der Waals surface area contributed by atoms with Crippen molar-refractivity contribution in [3.8, 4) is 11.5 Å². The van der Waals surface area contributed by atoms with E-state index in [-0.39, 0.29) is 0 Å². The van der Waals surface area contributed by atoms with Gasteiger partial charge in [0.15, 0.2) is 0 Å². The minimum atomic E-state index is 0.724. The largest absolute Gasteiger partial charge is 0.457 e. The van der Waals surface area contributed by atoms with Gasteiger partial charge in [0.2, 0.25) is 0 Å². The maximum atomic E-state index is 5.89. The fourth-order valence-corrected chi connectivity index (χ4v) is 3.97. The van der Waals surface area contributed by atoms with Crippen molar-refractivity contribution in [2.75, 3.05) is 0 Å². The summed E-state index contributed by atoms with van der Waals surface area (Å²) < 4.78 is 5.89. The summed E-state index contributed by atoms with van der Waals surface area (Å²) in [6.45, 7) is 9.49. The summed E-state index contributed by atoms with van der Waals surface area (Å²) in [6.07, 6.45) is 6.42. The Morgan fingerprint density at radius 3 is 1.92 bits per heavy atom. The van der Waals surface area contributed by atoms with Crippen LogP contribution in [-0.2, 0) is 6.42 Å². The molecule has 3 atom stereocenters. The number of rotatable bonds is 10. The Balaban J connectivity index is 1.96. The molecule has 0 saturated carbocycles. The van der Waals surface area contributed by atoms with Crippen LogP contribution < -0.4 is 4.74 Å². The predicted molar refractivity (Wildman–Crippen MR) is 108 cm³/mol. The van der Waals surface area contributed by atoms with E-state index in [1.165, 1.54) is 31.2 Å². The van der Waals surface area contributed by atoms with Crippen molar-refractivity contribution < 1.29 is 4.74 Å². The second kappa shape index (κ2) is 10.3. The van der Waals surface area contributed by atoms with Crippen molar-refractivity contribution >= 4 is 0 Å². The van der Waals surface area contributed by atoms with Crippen LogP contribution in [0.25, 0.3) is 0 Å². The minimum absolute atomic E-state index is 0.724. The maximum Gasteiger partial charge on any atom is 0.127 e. The number of benzene rings is 2. The Hall–Kier alpha value is -1.76. The summed E-state index contributed by atoms with van der Waals surface area (Å²) in [4.78, 5) is 0. The molecule has 0 N–H and O–H groups in total. The number of para-hydroxylation sites is 1. The van der Waals surface area contributed by atoms with Crippen LogP contribution in [-0.4, -0.2) is 0 Å². The monoisotopic (exact) mass is 338 g/mol. The number of ether oxygens (including phenoxy) is 1. The Bertz CT molecular complexity index is 587. The summed E-state index contributed by atoms with van der Waals surface area (Å²) in [5, 5.41) is 0. The van der Waals surface area contributed by atoms with Gasteiger partial charge in [0.25, 0.3) is 0 Å². The molecule has 0 spiro atoms. The van der Waals surface area contributed by atoms with Crippen LogP contribution in [0.3, 0.4) is 0 Å². The molecule has 1 nitrogen and oxygen atoms in total. The Morgan fingerprint density at radius 2 is 1.32 bits per heavy atom. The van der Waals surface area contributed by atoms with E-state index < -0.39 is 0 Å². The fraction of sp³-hybridized carbons (Fsp3) is 0.500.